The summed E-state index contributed by atoms with van der Waals surface area (Å²) < 4.78 is 28.0. The van der Waals surface area contributed by atoms with E-state index in [1.54, 1.807) is 12.1 Å². The monoisotopic (exact) mass is 338 g/mol. The minimum Gasteiger partial charge on any atom is -0.301 e. The van der Waals surface area contributed by atoms with Crippen LogP contribution >= 0.6 is 0 Å². The molecule has 1 heterocycles. The lowest BCUT2D eigenvalue weighted by Crippen LogP contribution is -2.46. The highest BCUT2D eigenvalue weighted by molar-refractivity contribution is 7.89. The quantitative estimate of drug-likeness (QED) is 0.865. The number of benzene rings is 1. The van der Waals surface area contributed by atoms with Crippen molar-refractivity contribution >= 4 is 10.0 Å². The third kappa shape index (κ3) is 4.78. The van der Waals surface area contributed by atoms with E-state index in [0.717, 1.165) is 32.4 Å². The van der Waals surface area contributed by atoms with Crippen LogP contribution < -0.4 is 4.72 Å². The van der Waals surface area contributed by atoms with Gasteiger partial charge in [0.25, 0.3) is 0 Å². The Kier molecular flexibility index (Phi) is 6.23. The molecule has 1 aliphatic rings. The summed E-state index contributed by atoms with van der Waals surface area (Å²) in [6.07, 6.45) is 2.81. The van der Waals surface area contributed by atoms with Gasteiger partial charge in [-0.15, -0.1) is 0 Å². The van der Waals surface area contributed by atoms with Gasteiger partial charge < -0.3 is 4.90 Å². The number of nitrogens with one attached hydrogen (secondary N) is 1. The van der Waals surface area contributed by atoms with Gasteiger partial charge in [-0.1, -0.05) is 26.0 Å². The second-order valence-electron chi connectivity index (χ2n) is 6.90. The summed E-state index contributed by atoms with van der Waals surface area (Å²) >= 11 is 0. The van der Waals surface area contributed by atoms with Gasteiger partial charge >= 0.3 is 0 Å². The standard InChI is InChI=1S/C18H30N2O2S/c1-5-15(4)16-6-8-18(9-7-16)23(21,22)19-17-10-12-20(13-11-17)14(2)3/h6-9,14-15,17,19H,5,10-13H2,1-4H3. The Morgan fingerprint density at radius 1 is 1.13 bits per heavy atom. The van der Waals surface area contributed by atoms with E-state index in [4.69, 9.17) is 0 Å². The highest BCUT2D eigenvalue weighted by Gasteiger charge is 2.25. The fourth-order valence-corrected chi connectivity index (χ4v) is 4.34. The number of hydrogen-bond acceptors (Lipinski definition) is 3. The maximum absolute atomic E-state index is 12.5. The Hall–Kier alpha value is -0.910. The zero-order valence-electron chi connectivity index (χ0n) is 14.7. The van der Waals surface area contributed by atoms with E-state index in [1.807, 2.05) is 12.1 Å². The summed E-state index contributed by atoms with van der Waals surface area (Å²) in [5, 5.41) is 0. The number of sulfonamides is 1. The second-order valence-corrected chi connectivity index (χ2v) is 8.62. The predicted octanol–water partition coefficient (Wildman–Crippen LogP) is 3.35. The highest BCUT2D eigenvalue weighted by Crippen LogP contribution is 2.21. The van der Waals surface area contributed by atoms with Crippen LogP contribution in [0.15, 0.2) is 29.2 Å². The third-order valence-corrected chi connectivity index (χ3v) is 6.49. The van der Waals surface area contributed by atoms with E-state index in [-0.39, 0.29) is 6.04 Å². The fourth-order valence-electron chi connectivity index (χ4n) is 3.03. The van der Waals surface area contributed by atoms with Gasteiger partial charge in [0.1, 0.15) is 0 Å². The first kappa shape index (κ1) is 18.4. The zero-order valence-corrected chi connectivity index (χ0v) is 15.6. The lowest BCUT2D eigenvalue weighted by atomic mass is 9.99. The fraction of sp³-hybridized carbons (Fsp3) is 0.667. The average molecular weight is 339 g/mol. The third-order valence-electron chi connectivity index (χ3n) is 4.95. The number of piperidine rings is 1. The van der Waals surface area contributed by atoms with Crippen LogP contribution in [-0.2, 0) is 10.0 Å². The normalized spacial score (nSPS) is 19.2. The Labute approximate surface area is 141 Å². The SMILES string of the molecule is CCC(C)c1ccc(S(=O)(=O)NC2CCN(C(C)C)CC2)cc1. The molecule has 0 spiro atoms. The molecule has 0 radical (unpaired) electrons. The van der Waals surface area contributed by atoms with E-state index in [1.165, 1.54) is 5.56 Å². The van der Waals surface area contributed by atoms with Crippen LogP contribution in [0.4, 0.5) is 0 Å². The van der Waals surface area contributed by atoms with Gasteiger partial charge in [-0.05, 0) is 69.8 Å². The zero-order chi connectivity index (χ0) is 17.0. The molecule has 0 aliphatic carbocycles. The van der Waals surface area contributed by atoms with Crippen molar-refractivity contribution in [3.63, 3.8) is 0 Å². The molecule has 23 heavy (non-hydrogen) atoms. The molecule has 1 saturated heterocycles. The van der Waals surface area contributed by atoms with E-state index in [2.05, 4.69) is 37.3 Å². The number of hydrogen-bond donors (Lipinski definition) is 1. The summed E-state index contributed by atoms with van der Waals surface area (Å²) in [5.41, 5.74) is 1.19. The Bertz CT molecular complexity index is 588. The minimum atomic E-state index is -3.42. The molecule has 0 aromatic heterocycles. The smallest absolute Gasteiger partial charge is 0.240 e. The van der Waals surface area contributed by atoms with Crippen LogP contribution in [-0.4, -0.2) is 38.5 Å². The first-order valence-corrected chi connectivity index (χ1v) is 10.2. The molecule has 1 fully saturated rings. The topological polar surface area (TPSA) is 49.4 Å². The van der Waals surface area contributed by atoms with Crippen LogP contribution in [0.2, 0.25) is 0 Å². The molecule has 5 heteroatoms. The van der Waals surface area contributed by atoms with Crippen molar-refractivity contribution in [2.24, 2.45) is 0 Å². The van der Waals surface area contributed by atoms with Gasteiger partial charge in [-0.2, -0.15) is 0 Å². The van der Waals surface area contributed by atoms with E-state index in [0.29, 0.717) is 16.9 Å². The second kappa shape index (κ2) is 7.77. The Balaban J connectivity index is 1.99. The summed E-state index contributed by atoms with van der Waals surface area (Å²) in [5.74, 6) is 0.458. The molecule has 1 aliphatic heterocycles. The highest BCUT2D eigenvalue weighted by atomic mass is 32.2. The molecule has 0 amide bonds. The van der Waals surface area contributed by atoms with Crippen LogP contribution in [0.5, 0.6) is 0 Å². The van der Waals surface area contributed by atoms with Gasteiger partial charge in [-0.3, -0.25) is 0 Å². The molecule has 1 atom stereocenters. The summed E-state index contributed by atoms with van der Waals surface area (Å²) in [7, 11) is -3.42. The van der Waals surface area contributed by atoms with Gasteiger partial charge in [0.05, 0.1) is 4.90 Å². The lowest BCUT2D eigenvalue weighted by molar-refractivity contribution is 0.168. The molecule has 2 rings (SSSR count). The number of rotatable bonds is 6. The molecule has 130 valence electrons. The maximum Gasteiger partial charge on any atom is 0.240 e. The van der Waals surface area contributed by atoms with Crippen LogP contribution in [0.25, 0.3) is 0 Å². The molecule has 4 nitrogen and oxygen atoms in total. The lowest BCUT2D eigenvalue weighted by Gasteiger charge is -2.34. The Morgan fingerprint density at radius 2 is 1.70 bits per heavy atom. The maximum atomic E-state index is 12.5. The van der Waals surface area contributed by atoms with Crippen LogP contribution in [0.1, 0.15) is 58.4 Å². The van der Waals surface area contributed by atoms with Crippen molar-refractivity contribution in [1.82, 2.24) is 9.62 Å². The van der Waals surface area contributed by atoms with Crippen molar-refractivity contribution in [2.75, 3.05) is 13.1 Å². The number of nitrogens with zero attached hydrogens (tertiary/aromatic N) is 1. The molecule has 0 bridgehead atoms. The van der Waals surface area contributed by atoms with Gasteiger partial charge in [-0.25, -0.2) is 13.1 Å². The summed E-state index contributed by atoms with van der Waals surface area (Å²) in [6, 6.07) is 7.90. The molecule has 1 aromatic carbocycles. The largest absolute Gasteiger partial charge is 0.301 e. The van der Waals surface area contributed by atoms with E-state index >= 15 is 0 Å². The first-order chi connectivity index (χ1) is 10.8. The van der Waals surface area contributed by atoms with E-state index in [9.17, 15) is 8.42 Å². The van der Waals surface area contributed by atoms with Crippen molar-refractivity contribution in [3.8, 4) is 0 Å². The van der Waals surface area contributed by atoms with Gasteiger partial charge in [0.2, 0.25) is 10.0 Å². The molecular weight excluding hydrogens is 308 g/mol. The summed E-state index contributed by atoms with van der Waals surface area (Å²) in [4.78, 5) is 2.77. The van der Waals surface area contributed by atoms with E-state index < -0.39 is 10.0 Å². The first-order valence-electron chi connectivity index (χ1n) is 8.69. The molecule has 1 N–H and O–H groups in total. The number of likely N-dealkylation sites (tertiary alicyclic amines) is 1. The molecule has 1 aromatic rings. The molecule has 1 unspecified atom stereocenters. The van der Waals surface area contributed by atoms with Crippen LogP contribution in [0.3, 0.4) is 0 Å². The average Bonchev–Trinajstić information content (AvgIpc) is 2.54. The summed E-state index contributed by atoms with van der Waals surface area (Å²) in [6.45, 7) is 10.6. The van der Waals surface area contributed by atoms with Crippen molar-refractivity contribution in [2.45, 2.75) is 69.9 Å². The predicted molar refractivity (Wildman–Crippen MR) is 95.2 cm³/mol. The van der Waals surface area contributed by atoms with Gasteiger partial charge in [0, 0.05) is 12.1 Å². The van der Waals surface area contributed by atoms with Gasteiger partial charge in [0.15, 0.2) is 0 Å². The molecular formula is C18H30N2O2S. The van der Waals surface area contributed by atoms with Crippen molar-refractivity contribution < 1.29 is 8.42 Å². The molecule has 0 saturated carbocycles. The van der Waals surface area contributed by atoms with Crippen molar-refractivity contribution in [3.05, 3.63) is 29.8 Å². The van der Waals surface area contributed by atoms with Crippen molar-refractivity contribution in [1.29, 1.82) is 0 Å². The van der Waals surface area contributed by atoms with Crippen LogP contribution in [0, 0.1) is 0 Å². The Morgan fingerprint density at radius 3 is 2.17 bits per heavy atom. The minimum absolute atomic E-state index is 0.0456.